The number of ether oxygens (including phenoxy) is 2. The number of hydrogen-bond acceptors (Lipinski definition) is 7. The number of aromatic nitrogens is 3. The summed E-state index contributed by atoms with van der Waals surface area (Å²) < 4.78 is 51.5. The zero-order valence-corrected chi connectivity index (χ0v) is 21.4. The number of sulfonamides is 1. The van der Waals surface area contributed by atoms with Crippen LogP contribution in [0.3, 0.4) is 0 Å². The number of halogens is 1. The maximum absolute atomic E-state index is 14.9. The summed E-state index contributed by atoms with van der Waals surface area (Å²) in [6.45, 7) is 3.42. The molecule has 194 valence electrons. The Morgan fingerprint density at radius 2 is 1.97 bits per heavy atom. The molecule has 0 unspecified atom stereocenters. The molecule has 0 radical (unpaired) electrons. The van der Waals surface area contributed by atoms with Gasteiger partial charge in [-0.25, -0.2) is 22.1 Å². The van der Waals surface area contributed by atoms with Crippen LogP contribution in [0.15, 0.2) is 54.7 Å². The van der Waals surface area contributed by atoms with E-state index in [-0.39, 0.29) is 11.6 Å². The quantitative estimate of drug-likeness (QED) is 0.333. The number of piperidine rings is 1. The second-order valence-electron chi connectivity index (χ2n) is 9.18. The molecule has 1 aliphatic rings. The lowest BCUT2D eigenvalue weighted by atomic mass is 9.99. The van der Waals surface area contributed by atoms with Crippen LogP contribution in [0.5, 0.6) is 17.4 Å². The van der Waals surface area contributed by atoms with E-state index >= 15 is 0 Å². The fourth-order valence-electron chi connectivity index (χ4n) is 4.35. The molecule has 0 amide bonds. The largest absolute Gasteiger partial charge is 0.493 e. The van der Waals surface area contributed by atoms with E-state index in [1.165, 1.54) is 16.8 Å². The number of nitrogens with one attached hydrogen (secondary N) is 2. The van der Waals surface area contributed by atoms with Crippen molar-refractivity contribution in [1.29, 1.82) is 0 Å². The number of hydrogen-bond donors (Lipinski definition) is 2. The van der Waals surface area contributed by atoms with Crippen LogP contribution in [0.2, 0.25) is 0 Å². The SMILES string of the molecule is Cc1cc2c(F)c(Oc3ccnc(Nc4cccc(OCC5CCN(S(C)(=O)=O)CC5)c4)n3)ccc2[nH]1. The Hall–Kier alpha value is -3.70. The number of benzene rings is 2. The molecule has 0 saturated carbocycles. The molecule has 2 aromatic heterocycles. The normalized spacial score (nSPS) is 15.1. The minimum absolute atomic E-state index is 0.0777. The first-order chi connectivity index (χ1) is 17.7. The minimum atomic E-state index is -3.14. The molecule has 0 aliphatic carbocycles. The van der Waals surface area contributed by atoms with E-state index in [2.05, 4.69) is 20.3 Å². The summed E-state index contributed by atoms with van der Waals surface area (Å²) in [5.74, 6) is 1.09. The maximum Gasteiger partial charge on any atom is 0.230 e. The Morgan fingerprint density at radius 3 is 2.76 bits per heavy atom. The van der Waals surface area contributed by atoms with E-state index in [0.717, 1.165) is 24.2 Å². The molecule has 3 heterocycles. The smallest absolute Gasteiger partial charge is 0.230 e. The van der Waals surface area contributed by atoms with Crippen molar-refractivity contribution >= 4 is 32.6 Å². The molecular weight excluding hydrogens is 497 g/mol. The number of fused-ring (bicyclic) bond motifs is 1. The molecule has 9 nitrogen and oxygen atoms in total. The molecule has 0 bridgehead atoms. The lowest BCUT2D eigenvalue weighted by Gasteiger charge is -2.30. The Bertz CT molecular complexity index is 1520. The van der Waals surface area contributed by atoms with Gasteiger partial charge in [-0.3, -0.25) is 0 Å². The van der Waals surface area contributed by atoms with Crippen LogP contribution in [-0.4, -0.2) is 53.6 Å². The topological polar surface area (TPSA) is 109 Å². The van der Waals surface area contributed by atoms with Crippen molar-refractivity contribution in [3.63, 3.8) is 0 Å². The van der Waals surface area contributed by atoms with Crippen LogP contribution in [0.4, 0.5) is 16.0 Å². The van der Waals surface area contributed by atoms with Gasteiger partial charge in [-0.1, -0.05) is 6.07 Å². The number of aryl methyl sites for hydroxylation is 1. The van der Waals surface area contributed by atoms with Crippen LogP contribution in [0.1, 0.15) is 18.5 Å². The average Bonchev–Trinajstić information content (AvgIpc) is 3.26. The van der Waals surface area contributed by atoms with Crippen LogP contribution < -0.4 is 14.8 Å². The molecule has 0 atom stereocenters. The number of anilines is 2. The fourth-order valence-corrected chi connectivity index (χ4v) is 5.23. The van der Waals surface area contributed by atoms with Gasteiger partial charge in [0.2, 0.25) is 21.9 Å². The Morgan fingerprint density at radius 1 is 1.16 bits per heavy atom. The van der Waals surface area contributed by atoms with E-state index in [9.17, 15) is 12.8 Å². The van der Waals surface area contributed by atoms with Crippen molar-refractivity contribution in [3.8, 4) is 17.4 Å². The highest BCUT2D eigenvalue weighted by atomic mass is 32.2. The third-order valence-corrected chi connectivity index (χ3v) is 7.60. The van der Waals surface area contributed by atoms with Crippen LogP contribution >= 0.6 is 0 Å². The van der Waals surface area contributed by atoms with E-state index in [0.29, 0.717) is 48.2 Å². The van der Waals surface area contributed by atoms with E-state index in [1.54, 1.807) is 24.3 Å². The van der Waals surface area contributed by atoms with Gasteiger partial charge in [0.05, 0.1) is 12.9 Å². The lowest BCUT2D eigenvalue weighted by molar-refractivity contribution is 0.186. The minimum Gasteiger partial charge on any atom is -0.493 e. The van der Waals surface area contributed by atoms with Gasteiger partial charge in [-0.15, -0.1) is 0 Å². The van der Waals surface area contributed by atoms with Gasteiger partial charge in [0.15, 0.2) is 11.6 Å². The maximum atomic E-state index is 14.9. The van der Waals surface area contributed by atoms with Crippen molar-refractivity contribution in [2.75, 3.05) is 31.3 Å². The Labute approximate surface area is 214 Å². The van der Waals surface area contributed by atoms with Gasteiger partial charge < -0.3 is 19.8 Å². The van der Waals surface area contributed by atoms with Crippen LogP contribution in [-0.2, 0) is 10.0 Å². The van der Waals surface area contributed by atoms with Crippen molar-refractivity contribution in [3.05, 3.63) is 66.2 Å². The molecule has 5 rings (SSSR count). The third-order valence-electron chi connectivity index (χ3n) is 6.30. The van der Waals surface area contributed by atoms with Crippen LogP contribution in [0.25, 0.3) is 10.9 Å². The molecule has 1 saturated heterocycles. The first-order valence-corrected chi connectivity index (χ1v) is 13.8. The van der Waals surface area contributed by atoms with Gasteiger partial charge in [0.25, 0.3) is 0 Å². The standard InChI is InChI=1S/C26H28FN5O4S/c1-17-14-21-22(29-17)6-7-23(25(21)27)36-24-8-11-28-26(31-24)30-19-4-3-5-20(15-19)35-16-18-9-12-32(13-10-18)37(2,33)34/h3-8,11,14-15,18,29H,9-10,12-13,16H2,1-2H3,(H,28,30,31). The summed E-state index contributed by atoms with van der Waals surface area (Å²) in [5, 5.41) is 3.58. The molecule has 1 fully saturated rings. The van der Waals surface area contributed by atoms with Gasteiger partial charge >= 0.3 is 0 Å². The summed E-state index contributed by atoms with van der Waals surface area (Å²) in [6.07, 6.45) is 4.31. The van der Waals surface area contributed by atoms with E-state index in [4.69, 9.17) is 9.47 Å². The van der Waals surface area contributed by atoms with E-state index < -0.39 is 15.8 Å². The molecule has 2 aromatic carbocycles. The Kier molecular flexibility index (Phi) is 6.98. The molecule has 11 heteroatoms. The predicted octanol–water partition coefficient (Wildman–Crippen LogP) is 4.99. The number of H-pyrrole nitrogens is 1. The zero-order valence-electron chi connectivity index (χ0n) is 20.6. The molecule has 0 spiro atoms. The van der Waals surface area contributed by atoms with Crippen molar-refractivity contribution < 1.29 is 22.3 Å². The molecule has 2 N–H and O–H groups in total. The highest BCUT2D eigenvalue weighted by Crippen LogP contribution is 2.30. The summed E-state index contributed by atoms with van der Waals surface area (Å²) in [4.78, 5) is 11.7. The molecule has 1 aliphatic heterocycles. The second kappa shape index (κ2) is 10.3. The average molecular weight is 526 g/mol. The van der Waals surface area contributed by atoms with Crippen molar-refractivity contribution in [1.82, 2.24) is 19.3 Å². The molecule has 4 aromatic rings. The predicted molar refractivity (Wildman–Crippen MR) is 139 cm³/mol. The third kappa shape index (κ3) is 6.00. The Balaban J connectivity index is 1.20. The monoisotopic (exact) mass is 525 g/mol. The first kappa shape index (κ1) is 25.0. The lowest BCUT2D eigenvalue weighted by Crippen LogP contribution is -2.39. The molecular formula is C26H28FN5O4S. The zero-order chi connectivity index (χ0) is 26.0. The highest BCUT2D eigenvalue weighted by molar-refractivity contribution is 7.88. The molecule has 37 heavy (non-hydrogen) atoms. The first-order valence-electron chi connectivity index (χ1n) is 12.0. The number of aromatic amines is 1. The highest BCUT2D eigenvalue weighted by Gasteiger charge is 2.25. The van der Waals surface area contributed by atoms with Crippen molar-refractivity contribution in [2.24, 2.45) is 5.92 Å². The van der Waals surface area contributed by atoms with Gasteiger partial charge in [0, 0.05) is 53.7 Å². The van der Waals surface area contributed by atoms with Gasteiger partial charge in [-0.05, 0) is 56.0 Å². The summed E-state index contributed by atoms with van der Waals surface area (Å²) in [6, 6.07) is 14.0. The fraction of sp³-hybridized carbons (Fsp3) is 0.308. The van der Waals surface area contributed by atoms with E-state index in [1.807, 2.05) is 31.2 Å². The summed E-state index contributed by atoms with van der Waals surface area (Å²) in [7, 11) is -3.14. The summed E-state index contributed by atoms with van der Waals surface area (Å²) in [5.41, 5.74) is 2.29. The van der Waals surface area contributed by atoms with Crippen LogP contribution in [0, 0.1) is 18.7 Å². The van der Waals surface area contributed by atoms with Gasteiger partial charge in [-0.2, -0.15) is 4.98 Å². The van der Waals surface area contributed by atoms with Gasteiger partial charge in [0.1, 0.15) is 5.75 Å². The number of rotatable bonds is 8. The second-order valence-corrected chi connectivity index (χ2v) is 11.2. The van der Waals surface area contributed by atoms with Crippen molar-refractivity contribution in [2.45, 2.75) is 19.8 Å². The number of nitrogens with zero attached hydrogens (tertiary/aromatic N) is 3. The summed E-state index contributed by atoms with van der Waals surface area (Å²) >= 11 is 0.